The molecule has 2 rings (SSSR count). The molecule has 0 bridgehead atoms. The Balaban J connectivity index is 2.99. The van der Waals surface area contributed by atoms with Crippen LogP contribution in [-0.2, 0) is 0 Å². The van der Waals surface area contributed by atoms with Crippen molar-refractivity contribution in [3.8, 4) is 0 Å². The maximum absolute atomic E-state index is 10.7. The van der Waals surface area contributed by atoms with Gasteiger partial charge in [0.1, 0.15) is 0 Å². The Morgan fingerprint density at radius 2 is 2.40 bits per heavy atom. The first-order chi connectivity index (χ1) is 4.86. The van der Waals surface area contributed by atoms with Crippen LogP contribution in [0.5, 0.6) is 0 Å². The van der Waals surface area contributed by atoms with Crippen molar-refractivity contribution in [2.75, 3.05) is 0 Å². The molecule has 3 heteroatoms. The number of rotatable bonds is 0. The topological polar surface area (TPSA) is 48.6 Å². The summed E-state index contributed by atoms with van der Waals surface area (Å²) < 4.78 is 0. The number of pyridine rings is 1. The largest absolute Gasteiger partial charge is 0.359 e. The average Bonchev–Trinajstić information content (AvgIpc) is 2.33. The minimum Gasteiger partial charge on any atom is -0.359 e. The van der Waals surface area contributed by atoms with Crippen molar-refractivity contribution in [3.63, 3.8) is 0 Å². The van der Waals surface area contributed by atoms with Gasteiger partial charge in [0.15, 0.2) is 0 Å². The monoisotopic (exact) mass is 133 g/mol. The average molecular weight is 133 g/mol. The fourth-order valence-corrected chi connectivity index (χ4v) is 0.911. The SMILES string of the molecule is O=c1cc2cc[nH]c2[c][nH]1. The van der Waals surface area contributed by atoms with E-state index in [1.807, 2.05) is 6.07 Å². The van der Waals surface area contributed by atoms with Crippen LogP contribution < -0.4 is 5.56 Å². The van der Waals surface area contributed by atoms with Gasteiger partial charge in [0, 0.05) is 17.6 Å². The summed E-state index contributed by atoms with van der Waals surface area (Å²) in [5, 5.41) is 0.892. The molecule has 1 radical (unpaired) electrons. The molecular weight excluding hydrogens is 128 g/mol. The lowest BCUT2D eigenvalue weighted by Gasteiger charge is -1.83. The molecule has 0 aliphatic carbocycles. The minimum atomic E-state index is -0.118. The summed E-state index contributed by atoms with van der Waals surface area (Å²) in [7, 11) is 0. The number of fused-ring (bicyclic) bond motifs is 1. The van der Waals surface area contributed by atoms with E-state index in [0.29, 0.717) is 0 Å². The van der Waals surface area contributed by atoms with Crippen LogP contribution in [0.2, 0.25) is 0 Å². The summed E-state index contributed by atoms with van der Waals surface area (Å²) in [6, 6.07) is 3.36. The van der Waals surface area contributed by atoms with Crippen LogP contribution in [0.4, 0.5) is 0 Å². The molecule has 10 heavy (non-hydrogen) atoms. The highest BCUT2D eigenvalue weighted by Gasteiger charge is 1.92. The van der Waals surface area contributed by atoms with Crippen molar-refractivity contribution in [1.29, 1.82) is 0 Å². The lowest BCUT2D eigenvalue weighted by atomic mass is 10.3. The first-order valence-corrected chi connectivity index (χ1v) is 2.94. The molecule has 49 valence electrons. The zero-order valence-electron chi connectivity index (χ0n) is 5.14. The third-order valence-electron chi connectivity index (χ3n) is 1.38. The van der Waals surface area contributed by atoms with Gasteiger partial charge in [-0.2, -0.15) is 0 Å². The summed E-state index contributed by atoms with van der Waals surface area (Å²) in [5.74, 6) is 0. The van der Waals surface area contributed by atoms with Gasteiger partial charge in [-0.1, -0.05) is 0 Å². The van der Waals surface area contributed by atoms with Crippen molar-refractivity contribution >= 4 is 10.9 Å². The van der Waals surface area contributed by atoms with E-state index in [2.05, 4.69) is 16.2 Å². The van der Waals surface area contributed by atoms with E-state index in [1.54, 1.807) is 6.20 Å². The summed E-state index contributed by atoms with van der Waals surface area (Å²) in [6.07, 6.45) is 4.48. The highest BCUT2D eigenvalue weighted by molar-refractivity contribution is 5.77. The van der Waals surface area contributed by atoms with Crippen LogP contribution in [0.1, 0.15) is 0 Å². The number of aromatic nitrogens is 2. The second kappa shape index (κ2) is 1.73. The van der Waals surface area contributed by atoms with E-state index >= 15 is 0 Å². The molecule has 2 N–H and O–H groups in total. The van der Waals surface area contributed by atoms with E-state index in [1.165, 1.54) is 6.07 Å². The normalized spacial score (nSPS) is 10.4. The highest BCUT2D eigenvalue weighted by atomic mass is 16.1. The summed E-state index contributed by atoms with van der Waals surface area (Å²) >= 11 is 0. The fraction of sp³-hybridized carbons (Fsp3) is 0. The van der Waals surface area contributed by atoms with Crippen LogP contribution in [-0.4, -0.2) is 9.97 Å². The van der Waals surface area contributed by atoms with E-state index < -0.39 is 0 Å². The van der Waals surface area contributed by atoms with Crippen LogP contribution in [0.3, 0.4) is 0 Å². The number of hydrogen-bond acceptors (Lipinski definition) is 1. The molecule has 0 unspecified atom stereocenters. The number of hydrogen-bond donors (Lipinski definition) is 2. The van der Waals surface area contributed by atoms with Crippen molar-refractivity contribution in [2.45, 2.75) is 0 Å². The molecule has 0 atom stereocenters. The molecule has 0 saturated carbocycles. The minimum absolute atomic E-state index is 0.118. The Kier molecular flexibility index (Phi) is 0.917. The molecule has 0 saturated heterocycles. The highest BCUT2D eigenvalue weighted by Crippen LogP contribution is 2.04. The first-order valence-electron chi connectivity index (χ1n) is 2.94. The smallest absolute Gasteiger partial charge is 0.249 e. The first kappa shape index (κ1) is 5.29. The van der Waals surface area contributed by atoms with Gasteiger partial charge >= 0.3 is 0 Å². The number of nitrogens with one attached hydrogen (secondary N) is 2. The van der Waals surface area contributed by atoms with Gasteiger partial charge in [-0.15, -0.1) is 0 Å². The molecule has 0 fully saturated rings. The standard InChI is InChI=1S/C7H5N2O/c10-7-3-5-1-2-8-6(5)4-9-7/h1-3,8H,(H,9,10). The van der Waals surface area contributed by atoms with Crippen LogP contribution in [0.15, 0.2) is 23.1 Å². The Hall–Kier alpha value is -1.51. The predicted molar refractivity (Wildman–Crippen MR) is 37.8 cm³/mol. The molecule has 0 spiro atoms. The Morgan fingerprint density at radius 1 is 1.50 bits per heavy atom. The molecule has 3 nitrogen and oxygen atoms in total. The van der Waals surface area contributed by atoms with Gasteiger partial charge in [-0.05, 0) is 6.07 Å². The Labute approximate surface area is 56.7 Å². The molecular formula is C7H5N2O. The van der Waals surface area contributed by atoms with E-state index in [4.69, 9.17) is 0 Å². The molecule has 2 aromatic rings. The van der Waals surface area contributed by atoms with Gasteiger partial charge in [0.2, 0.25) is 5.56 Å². The number of aromatic amines is 2. The third kappa shape index (κ3) is 0.639. The van der Waals surface area contributed by atoms with Gasteiger partial charge < -0.3 is 9.97 Å². The summed E-state index contributed by atoms with van der Waals surface area (Å²) in [6.45, 7) is 0. The van der Waals surface area contributed by atoms with Crippen molar-refractivity contribution in [3.05, 3.63) is 34.9 Å². The molecule has 0 amide bonds. The maximum atomic E-state index is 10.7. The Bertz CT molecular complexity index is 399. The van der Waals surface area contributed by atoms with E-state index in [0.717, 1.165) is 10.9 Å². The Morgan fingerprint density at radius 3 is 3.30 bits per heavy atom. The third-order valence-corrected chi connectivity index (χ3v) is 1.38. The maximum Gasteiger partial charge on any atom is 0.249 e. The second-order valence-electron chi connectivity index (χ2n) is 2.07. The lowest BCUT2D eigenvalue weighted by molar-refractivity contribution is 1.24. The molecule has 0 aromatic carbocycles. The van der Waals surface area contributed by atoms with E-state index in [-0.39, 0.29) is 5.56 Å². The van der Waals surface area contributed by atoms with Crippen molar-refractivity contribution in [1.82, 2.24) is 9.97 Å². The van der Waals surface area contributed by atoms with Gasteiger partial charge in [0.25, 0.3) is 0 Å². The zero-order chi connectivity index (χ0) is 6.97. The summed E-state index contributed by atoms with van der Waals surface area (Å²) in [5.41, 5.74) is 0.715. The van der Waals surface area contributed by atoms with Gasteiger partial charge in [-0.3, -0.25) is 4.79 Å². The molecule has 0 aliphatic heterocycles. The lowest BCUT2D eigenvalue weighted by Crippen LogP contribution is -2.00. The van der Waals surface area contributed by atoms with Crippen LogP contribution in [0, 0.1) is 6.20 Å². The van der Waals surface area contributed by atoms with Crippen molar-refractivity contribution < 1.29 is 0 Å². The van der Waals surface area contributed by atoms with Crippen LogP contribution >= 0.6 is 0 Å². The molecule has 0 aliphatic rings. The molecule has 2 aromatic heterocycles. The van der Waals surface area contributed by atoms with Crippen molar-refractivity contribution in [2.24, 2.45) is 0 Å². The zero-order valence-corrected chi connectivity index (χ0v) is 5.14. The van der Waals surface area contributed by atoms with E-state index in [9.17, 15) is 4.79 Å². The van der Waals surface area contributed by atoms with Gasteiger partial charge in [-0.25, -0.2) is 0 Å². The number of H-pyrrole nitrogens is 2. The fourth-order valence-electron chi connectivity index (χ4n) is 0.911. The van der Waals surface area contributed by atoms with Gasteiger partial charge in [0.05, 0.1) is 11.7 Å². The summed E-state index contributed by atoms with van der Waals surface area (Å²) in [4.78, 5) is 16.1. The predicted octanol–water partition coefficient (Wildman–Crippen LogP) is 0.656. The molecule has 2 heterocycles. The van der Waals surface area contributed by atoms with Crippen LogP contribution in [0.25, 0.3) is 10.9 Å². The quantitative estimate of drug-likeness (QED) is 0.544. The second-order valence-corrected chi connectivity index (χ2v) is 2.07.